The summed E-state index contributed by atoms with van der Waals surface area (Å²) in [4.78, 5) is 11.8. The summed E-state index contributed by atoms with van der Waals surface area (Å²) >= 11 is 0. The minimum atomic E-state index is -3.54. The molecule has 0 unspecified atom stereocenters. The van der Waals surface area contributed by atoms with Crippen molar-refractivity contribution in [3.63, 3.8) is 0 Å². The quantitative estimate of drug-likeness (QED) is 0.667. The summed E-state index contributed by atoms with van der Waals surface area (Å²) in [6, 6.07) is 3.28. The van der Waals surface area contributed by atoms with E-state index in [1.54, 1.807) is 7.05 Å². The normalized spacial score (nSPS) is 10.6. The smallest absolute Gasteiger partial charge is 0.253 e. The third kappa shape index (κ3) is 6.18. The third-order valence-electron chi connectivity index (χ3n) is 2.18. The van der Waals surface area contributed by atoms with Gasteiger partial charge in [0, 0.05) is 13.1 Å². The maximum absolute atomic E-state index is 13.2. The van der Waals surface area contributed by atoms with E-state index < -0.39 is 21.7 Å². The molecule has 1 rings (SSSR count). The van der Waals surface area contributed by atoms with Crippen LogP contribution in [-0.2, 0) is 10.0 Å². The number of rotatable bonds is 6. The minimum Gasteiger partial charge on any atom is -0.351 e. The van der Waals surface area contributed by atoms with Gasteiger partial charge in [0.15, 0.2) is 0 Å². The monoisotopic (exact) mass is 325 g/mol. The van der Waals surface area contributed by atoms with Crippen LogP contribution in [0.5, 0.6) is 0 Å². The molecule has 0 saturated carbocycles. The van der Waals surface area contributed by atoms with Crippen LogP contribution in [0.1, 0.15) is 10.4 Å². The molecule has 0 aliphatic heterocycles. The number of sulfonamides is 1. The Hall–Kier alpha value is -1.38. The molecule has 0 aliphatic carbocycles. The Morgan fingerprint density at radius 2 is 1.95 bits per heavy atom. The van der Waals surface area contributed by atoms with Crippen LogP contribution in [0.4, 0.5) is 10.1 Å². The van der Waals surface area contributed by atoms with Gasteiger partial charge in [0.2, 0.25) is 10.0 Å². The van der Waals surface area contributed by atoms with Crippen molar-refractivity contribution in [1.29, 1.82) is 0 Å². The second-order valence-corrected chi connectivity index (χ2v) is 5.67. The highest BCUT2D eigenvalue weighted by Gasteiger charge is 2.14. The predicted molar refractivity (Wildman–Crippen MR) is 78.4 cm³/mol. The molecule has 6 nitrogen and oxygen atoms in total. The molecule has 0 heterocycles. The average Bonchev–Trinajstić information content (AvgIpc) is 2.30. The number of benzene rings is 1. The first-order valence-electron chi connectivity index (χ1n) is 5.53. The van der Waals surface area contributed by atoms with Crippen molar-refractivity contribution < 1.29 is 17.6 Å². The molecule has 1 amide bonds. The van der Waals surface area contributed by atoms with Crippen molar-refractivity contribution in [3.05, 3.63) is 29.6 Å². The Bertz CT molecular complexity index is 566. The molecule has 0 atom stereocenters. The fourth-order valence-electron chi connectivity index (χ4n) is 1.39. The first-order valence-corrected chi connectivity index (χ1v) is 7.43. The molecule has 3 N–H and O–H groups in total. The van der Waals surface area contributed by atoms with Crippen molar-refractivity contribution in [2.24, 2.45) is 0 Å². The minimum absolute atomic E-state index is 0. The Labute approximate surface area is 123 Å². The van der Waals surface area contributed by atoms with Gasteiger partial charge in [-0.15, -0.1) is 12.4 Å². The summed E-state index contributed by atoms with van der Waals surface area (Å²) in [5.74, 6) is -1.15. The number of carbonyl (C=O) groups excluding carboxylic acids is 1. The van der Waals surface area contributed by atoms with E-state index >= 15 is 0 Å². The van der Waals surface area contributed by atoms with Crippen LogP contribution in [0.2, 0.25) is 0 Å². The lowest BCUT2D eigenvalue weighted by molar-refractivity contribution is 0.0954. The number of carbonyl (C=O) groups is 1. The molecular formula is C11H17ClFN3O3S. The van der Waals surface area contributed by atoms with Crippen LogP contribution in [0.25, 0.3) is 0 Å². The van der Waals surface area contributed by atoms with E-state index in [-0.39, 0.29) is 23.7 Å². The lowest BCUT2D eigenvalue weighted by atomic mass is 10.1. The van der Waals surface area contributed by atoms with E-state index in [9.17, 15) is 17.6 Å². The summed E-state index contributed by atoms with van der Waals surface area (Å²) in [7, 11) is -1.81. The number of hydrogen-bond acceptors (Lipinski definition) is 4. The van der Waals surface area contributed by atoms with E-state index in [2.05, 4.69) is 15.4 Å². The molecule has 0 fully saturated rings. The third-order valence-corrected chi connectivity index (χ3v) is 2.77. The number of halogens is 2. The van der Waals surface area contributed by atoms with Crippen molar-refractivity contribution in [1.82, 2.24) is 10.6 Å². The highest BCUT2D eigenvalue weighted by Crippen LogP contribution is 2.18. The van der Waals surface area contributed by atoms with Crippen molar-refractivity contribution in [2.45, 2.75) is 0 Å². The fourth-order valence-corrected chi connectivity index (χ4v) is 1.97. The van der Waals surface area contributed by atoms with Gasteiger partial charge in [0.05, 0.1) is 17.5 Å². The lowest BCUT2D eigenvalue weighted by Crippen LogP contribution is -2.31. The van der Waals surface area contributed by atoms with Crippen LogP contribution in [0, 0.1) is 5.82 Å². The summed E-state index contributed by atoms with van der Waals surface area (Å²) in [5, 5.41) is 5.39. The summed E-state index contributed by atoms with van der Waals surface area (Å²) < 4.78 is 37.7. The van der Waals surface area contributed by atoms with E-state index in [1.807, 2.05) is 0 Å². The molecule has 1 aromatic rings. The Balaban J connectivity index is 0.00000361. The SMILES string of the molecule is CNCCNC(=O)c1cc(F)ccc1NS(C)(=O)=O.Cl. The number of likely N-dealkylation sites (N-methyl/N-ethyl adjacent to an activating group) is 1. The highest BCUT2D eigenvalue weighted by atomic mass is 35.5. The van der Waals surface area contributed by atoms with Crippen LogP contribution in [0.3, 0.4) is 0 Å². The van der Waals surface area contributed by atoms with E-state index in [1.165, 1.54) is 6.07 Å². The standard InChI is InChI=1S/C11H16FN3O3S.ClH/c1-13-5-6-14-11(16)9-7-8(12)3-4-10(9)15-19(2,17)18;/h3-4,7,13,15H,5-6H2,1-2H3,(H,14,16);1H. The van der Waals surface area contributed by atoms with Crippen LogP contribution in [0.15, 0.2) is 18.2 Å². The molecular weight excluding hydrogens is 309 g/mol. The van der Waals surface area contributed by atoms with Gasteiger partial charge < -0.3 is 10.6 Å². The molecule has 0 saturated heterocycles. The molecule has 20 heavy (non-hydrogen) atoms. The summed E-state index contributed by atoms with van der Waals surface area (Å²) in [5.41, 5.74) is -0.00705. The van der Waals surface area contributed by atoms with Gasteiger partial charge in [-0.25, -0.2) is 12.8 Å². The molecule has 1 aromatic carbocycles. The predicted octanol–water partition coefficient (Wildman–Crippen LogP) is 0.568. The maximum Gasteiger partial charge on any atom is 0.253 e. The zero-order valence-electron chi connectivity index (χ0n) is 11.1. The molecule has 114 valence electrons. The second-order valence-electron chi connectivity index (χ2n) is 3.92. The van der Waals surface area contributed by atoms with E-state index in [4.69, 9.17) is 0 Å². The van der Waals surface area contributed by atoms with Crippen LogP contribution in [-0.4, -0.2) is 40.7 Å². The van der Waals surface area contributed by atoms with Gasteiger partial charge in [0.1, 0.15) is 5.82 Å². The van der Waals surface area contributed by atoms with Gasteiger partial charge in [-0.1, -0.05) is 0 Å². The van der Waals surface area contributed by atoms with Crippen molar-refractivity contribution >= 4 is 34.0 Å². The molecule has 0 bridgehead atoms. The average molecular weight is 326 g/mol. The van der Waals surface area contributed by atoms with Crippen LogP contribution >= 0.6 is 12.4 Å². The number of hydrogen-bond donors (Lipinski definition) is 3. The summed E-state index contributed by atoms with van der Waals surface area (Å²) in [6.45, 7) is 0.903. The topological polar surface area (TPSA) is 87.3 Å². The lowest BCUT2D eigenvalue weighted by Gasteiger charge is -2.11. The maximum atomic E-state index is 13.2. The molecule has 0 spiro atoms. The molecule has 9 heteroatoms. The van der Waals surface area contributed by atoms with Crippen molar-refractivity contribution in [2.75, 3.05) is 31.1 Å². The van der Waals surface area contributed by atoms with Gasteiger partial charge in [-0.05, 0) is 25.2 Å². The molecule has 0 radical (unpaired) electrons. The van der Waals surface area contributed by atoms with Crippen molar-refractivity contribution in [3.8, 4) is 0 Å². The zero-order valence-corrected chi connectivity index (χ0v) is 12.7. The highest BCUT2D eigenvalue weighted by molar-refractivity contribution is 7.92. The Morgan fingerprint density at radius 3 is 2.50 bits per heavy atom. The van der Waals surface area contributed by atoms with Gasteiger partial charge in [-0.2, -0.15) is 0 Å². The molecule has 0 aromatic heterocycles. The first-order chi connectivity index (χ1) is 8.83. The largest absolute Gasteiger partial charge is 0.351 e. The second kappa shape index (κ2) is 8.03. The number of amides is 1. The number of nitrogens with one attached hydrogen (secondary N) is 3. The molecule has 0 aliphatic rings. The zero-order chi connectivity index (χ0) is 14.5. The summed E-state index contributed by atoms with van der Waals surface area (Å²) in [6.07, 6.45) is 0.957. The Morgan fingerprint density at radius 1 is 1.30 bits per heavy atom. The van der Waals surface area contributed by atoms with E-state index in [0.717, 1.165) is 18.4 Å². The fraction of sp³-hybridized carbons (Fsp3) is 0.364. The first kappa shape index (κ1) is 18.6. The van der Waals surface area contributed by atoms with Crippen LogP contribution < -0.4 is 15.4 Å². The van der Waals surface area contributed by atoms with E-state index in [0.29, 0.717) is 13.1 Å². The van der Waals surface area contributed by atoms with Gasteiger partial charge in [0.25, 0.3) is 5.91 Å². The van der Waals surface area contributed by atoms with Gasteiger partial charge in [-0.3, -0.25) is 9.52 Å². The Kier molecular flexibility index (Phi) is 7.48. The van der Waals surface area contributed by atoms with Gasteiger partial charge >= 0.3 is 0 Å². The number of anilines is 1.